The van der Waals surface area contributed by atoms with Crippen LogP contribution in [0.1, 0.15) is 10.4 Å². The van der Waals surface area contributed by atoms with Gasteiger partial charge in [0.1, 0.15) is 11.4 Å². The van der Waals surface area contributed by atoms with Crippen molar-refractivity contribution in [2.45, 2.75) is 0 Å². The number of hydrogen-bond acceptors (Lipinski definition) is 6. The lowest BCUT2D eigenvalue weighted by molar-refractivity contribution is -0.384. The van der Waals surface area contributed by atoms with Crippen LogP contribution in [0, 0.1) is 10.1 Å². The standard InChI is InChI=1S/C15H12N2O6/c1-21-10-3-4-11(12(7-10)17(19)20)16-15(18)9-2-5-13-14(6-9)23-8-22-13/h2-7H,8H2,1H3,(H,16,18). The second-order valence-corrected chi connectivity index (χ2v) is 4.66. The van der Waals surface area contributed by atoms with E-state index in [2.05, 4.69) is 5.32 Å². The van der Waals surface area contributed by atoms with Crippen LogP contribution in [0.3, 0.4) is 0 Å². The van der Waals surface area contributed by atoms with Gasteiger partial charge < -0.3 is 19.5 Å². The smallest absolute Gasteiger partial charge is 0.296 e. The third-order valence-corrected chi connectivity index (χ3v) is 3.28. The Hall–Kier alpha value is -3.29. The number of carbonyl (C=O) groups is 1. The molecule has 0 aliphatic carbocycles. The molecular formula is C15H12N2O6. The van der Waals surface area contributed by atoms with Gasteiger partial charge in [0, 0.05) is 5.56 Å². The molecule has 0 bridgehead atoms. The number of ether oxygens (including phenoxy) is 3. The largest absolute Gasteiger partial charge is 0.496 e. The quantitative estimate of drug-likeness (QED) is 0.687. The van der Waals surface area contributed by atoms with Crippen LogP contribution in [0.2, 0.25) is 0 Å². The summed E-state index contributed by atoms with van der Waals surface area (Å²) in [6.07, 6.45) is 0. The van der Waals surface area contributed by atoms with E-state index in [-0.39, 0.29) is 18.2 Å². The van der Waals surface area contributed by atoms with E-state index in [0.717, 1.165) is 0 Å². The first-order valence-corrected chi connectivity index (χ1v) is 6.62. The van der Waals surface area contributed by atoms with Gasteiger partial charge in [-0.05, 0) is 30.3 Å². The van der Waals surface area contributed by atoms with E-state index in [1.54, 1.807) is 12.1 Å². The molecule has 8 heteroatoms. The Balaban J connectivity index is 1.87. The monoisotopic (exact) mass is 316 g/mol. The van der Waals surface area contributed by atoms with Crippen molar-refractivity contribution >= 4 is 17.3 Å². The van der Waals surface area contributed by atoms with Gasteiger partial charge in [-0.2, -0.15) is 0 Å². The topological polar surface area (TPSA) is 99.9 Å². The van der Waals surface area contributed by atoms with E-state index in [1.165, 1.54) is 31.4 Å². The Bertz CT molecular complexity index is 790. The van der Waals surface area contributed by atoms with E-state index >= 15 is 0 Å². The molecule has 0 aromatic heterocycles. The van der Waals surface area contributed by atoms with Gasteiger partial charge in [0.25, 0.3) is 11.6 Å². The molecule has 0 unspecified atom stereocenters. The number of fused-ring (bicyclic) bond motifs is 1. The zero-order chi connectivity index (χ0) is 16.4. The Morgan fingerprint density at radius 3 is 2.74 bits per heavy atom. The van der Waals surface area contributed by atoms with E-state index in [1.807, 2.05) is 0 Å². The molecule has 0 saturated carbocycles. The summed E-state index contributed by atoms with van der Waals surface area (Å²) in [4.78, 5) is 22.8. The van der Waals surface area contributed by atoms with Gasteiger partial charge >= 0.3 is 0 Å². The number of nitro benzene ring substituents is 1. The van der Waals surface area contributed by atoms with Crippen LogP contribution in [-0.2, 0) is 0 Å². The fraction of sp³-hybridized carbons (Fsp3) is 0.133. The predicted octanol–water partition coefficient (Wildman–Crippen LogP) is 2.58. The molecule has 23 heavy (non-hydrogen) atoms. The summed E-state index contributed by atoms with van der Waals surface area (Å²) in [7, 11) is 1.41. The number of nitrogens with one attached hydrogen (secondary N) is 1. The summed E-state index contributed by atoms with van der Waals surface area (Å²) < 4.78 is 15.3. The molecule has 8 nitrogen and oxygen atoms in total. The lowest BCUT2D eigenvalue weighted by Gasteiger charge is -2.08. The Labute approximate surface area is 130 Å². The highest BCUT2D eigenvalue weighted by Crippen LogP contribution is 2.33. The number of benzene rings is 2. The van der Waals surface area contributed by atoms with Crippen LogP contribution in [0.4, 0.5) is 11.4 Å². The molecule has 0 atom stereocenters. The van der Waals surface area contributed by atoms with Crippen LogP contribution in [0.25, 0.3) is 0 Å². The highest BCUT2D eigenvalue weighted by molar-refractivity contribution is 6.05. The van der Waals surface area contributed by atoms with Gasteiger partial charge in [-0.3, -0.25) is 14.9 Å². The van der Waals surface area contributed by atoms with Gasteiger partial charge in [0.2, 0.25) is 6.79 Å². The lowest BCUT2D eigenvalue weighted by atomic mass is 10.1. The minimum atomic E-state index is -0.586. The average Bonchev–Trinajstić information content (AvgIpc) is 3.02. The molecule has 2 aromatic rings. The average molecular weight is 316 g/mol. The maximum absolute atomic E-state index is 12.3. The molecule has 1 N–H and O–H groups in total. The van der Waals surface area contributed by atoms with E-state index < -0.39 is 10.8 Å². The second-order valence-electron chi connectivity index (χ2n) is 4.66. The van der Waals surface area contributed by atoms with Crippen LogP contribution in [-0.4, -0.2) is 24.7 Å². The molecule has 1 heterocycles. The van der Waals surface area contributed by atoms with Crippen molar-refractivity contribution in [1.82, 2.24) is 0 Å². The molecule has 2 aromatic carbocycles. The summed E-state index contributed by atoms with van der Waals surface area (Å²) in [6, 6.07) is 8.88. The van der Waals surface area contributed by atoms with Crippen molar-refractivity contribution in [3.63, 3.8) is 0 Å². The number of methoxy groups -OCH3 is 1. The number of anilines is 1. The Morgan fingerprint density at radius 1 is 1.22 bits per heavy atom. The third-order valence-electron chi connectivity index (χ3n) is 3.28. The van der Waals surface area contributed by atoms with Crippen LogP contribution in [0.15, 0.2) is 36.4 Å². The molecule has 0 saturated heterocycles. The maximum Gasteiger partial charge on any atom is 0.296 e. The minimum absolute atomic E-state index is 0.0819. The maximum atomic E-state index is 12.3. The van der Waals surface area contributed by atoms with Gasteiger partial charge in [-0.1, -0.05) is 0 Å². The first kappa shape index (κ1) is 14.6. The van der Waals surface area contributed by atoms with Crippen molar-refractivity contribution in [3.05, 3.63) is 52.1 Å². The zero-order valence-electron chi connectivity index (χ0n) is 12.1. The molecule has 1 amide bonds. The molecule has 0 fully saturated rings. The first-order valence-electron chi connectivity index (χ1n) is 6.62. The molecule has 0 spiro atoms. The van der Waals surface area contributed by atoms with Gasteiger partial charge in [0.05, 0.1) is 18.1 Å². The fourth-order valence-electron chi connectivity index (χ4n) is 2.13. The van der Waals surface area contributed by atoms with Gasteiger partial charge in [-0.25, -0.2) is 0 Å². The lowest BCUT2D eigenvalue weighted by Crippen LogP contribution is -2.13. The van der Waals surface area contributed by atoms with Gasteiger partial charge in [-0.15, -0.1) is 0 Å². The first-order chi connectivity index (χ1) is 11.1. The van der Waals surface area contributed by atoms with Crippen molar-refractivity contribution in [3.8, 4) is 17.2 Å². The summed E-state index contributed by atoms with van der Waals surface area (Å²) in [6.45, 7) is 0.102. The fourth-order valence-corrected chi connectivity index (χ4v) is 2.13. The van der Waals surface area contributed by atoms with Crippen molar-refractivity contribution in [2.24, 2.45) is 0 Å². The van der Waals surface area contributed by atoms with E-state index in [4.69, 9.17) is 14.2 Å². The summed E-state index contributed by atoms with van der Waals surface area (Å²) in [5.74, 6) is 0.855. The summed E-state index contributed by atoms with van der Waals surface area (Å²) in [5.41, 5.74) is 0.135. The van der Waals surface area contributed by atoms with Crippen LogP contribution >= 0.6 is 0 Å². The number of nitro groups is 1. The van der Waals surface area contributed by atoms with Crippen molar-refractivity contribution < 1.29 is 23.9 Å². The number of hydrogen-bond donors (Lipinski definition) is 1. The number of carbonyl (C=O) groups excluding carboxylic acids is 1. The molecule has 0 radical (unpaired) electrons. The van der Waals surface area contributed by atoms with Crippen LogP contribution in [0.5, 0.6) is 17.2 Å². The highest BCUT2D eigenvalue weighted by atomic mass is 16.7. The normalized spacial score (nSPS) is 11.9. The zero-order valence-corrected chi connectivity index (χ0v) is 12.1. The van der Waals surface area contributed by atoms with E-state index in [0.29, 0.717) is 22.8 Å². The van der Waals surface area contributed by atoms with Gasteiger partial charge in [0.15, 0.2) is 11.5 Å². The molecular weight excluding hydrogens is 304 g/mol. The summed E-state index contributed by atoms with van der Waals surface area (Å²) >= 11 is 0. The molecule has 1 aliphatic rings. The van der Waals surface area contributed by atoms with Crippen LogP contribution < -0.4 is 19.5 Å². The summed E-state index contributed by atoms with van der Waals surface area (Å²) in [5, 5.41) is 13.6. The molecule has 118 valence electrons. The number of rotatable bonds is 4. The van der Waals surface area contributed by atoms with Crippen molar-refractivity contribution in [2.75, 3.05) is 19.2 Å². The minimum Gasteiger partial charge on any atom is -0.496 e. The molecule has 1 aliphatic heterocycles. The number of amides is 1. The van der Waals surface area contributed by atoms with E-state index in [9.17, 15) is 14.9 Å². The Kier molecular flexibility index (Phi) is 3.71. The molecule has 3 rings (SSSR count). The number of nitrogens with zero attached hydrogens (tertiary/aromatic N) is 1. The Morgan fingerprint density at radius 2 is 2.00 bits per heavy atom. The third kappa shape index (κ3) is 2.86. The van der Waals surface area contributed by atoms with Crippen molar-refractivity contribution in [1.29, 1.82) is 0 Å². The second kappa shape index (κ2) is 5.84. The SMILES string of the molecule is COc1ccc(NC(=O)c2ccc3c(c2)OCO3)c([N+](=O)[O-])c1. The predicted molar refractivity (Wildman–Crippen MR) is 80.2 cm³/mol. The highest BCUT2D eigenvalue weighted by Gasteiger charge is 2.20.